The molecule has 0 radical (unpaired) electrons. The Kier molecular flexibility index (Phi) is 3.64. The van der Waals surface area contributed by atoms with Crippen molar-refractivity contribution in [2.45, 2.75) is 70.4 Å². The number of hydrogen-bond acceptors (Lipinski definition) is 3. The Morgan fingerprint density at radius 2 is 1.63 bits per heavy atom. The Bertz CT molecular complexity index is 869. The predicted molar refractivity (Wildman–Crippen MR) is 105 cm³/mol. The third kappa shape index (κ3) is 2.75. The van der Waals surface area contributed by atoms with Gasteiger partial charge in [-0.05, 0) is 46.1 Å². The van der Waals surface area contributed by atoms with Crippen LogP contribution < -0.4 is 9.47 Å². The van der Waals surface area contributed by atoms with E-state index in [4.69, 9.17) is 14.2 Å². The number of rotatable bonds is 1. The van der Waals surface area contributed by atoms with E-state index >= 15 is 0 Å². The molecule has 0 bridgehead atoms. The van der Waals surface area contributed by atoms with Gasteiger partial charge in [0, 0.05) is 23.5 Å². The van der Waals surface area contributed by atoms with E-state index in [-0.39, 0.29) is 23.4 Å². The molecule has 0 unspecified atom stereocenters. The molecule has 3 aliphatic rings. The maximum Gasteiger partial charge on any atom is 0.168 e. The fourth-order valence-corrected chi connectivity index (χ4v) is 5.05. The minimum atomic E-state index is -0.273. The van der Waals surface area contributed by atoms with Crippen molar-refractivity contribution in [1.29, 1.82) is 0 Å². The fourth-order valence-electron chi connectivity index (χ4n) is 5.05. The van der Waals surface area contributed by atoms with Gasteiger partial charge >= 0.3 is 0 Å². The van der Waals surface area contributed by atoms with Crippen LogP contribution in [-0.2, 0) is 11.2 Å². The summed E-state index contributed by atoms with van der Waals surface area (Å²) in [6.07, 6.45) is 3.23. The highest BCUT2D eigenvalue weighted by atomic mass is 16.6. The van der Waals surface area contributed by atoms with Crippen molar-refractivity contribution in [3.8, 4) is 11.5 Å². The lowest BCUT2D eigenvalue weighted by molar-refractivity contribution is -0.152. The summed E-state index contributed by atoms with van der Waals surface area (Å²) in [4.78, 5) is 0. The Labute approximate surface area is 161 Å². The lowest BCUT2D eigenvalue weighted by Crippen LogP contribution is -2.47. The molecule has 142 valence electrons. The first kappa shape index (κ1) is 17.1. The van der Waals surface area contributed by atoms with Gasteiger partial charge in [0.1, 0.15) is 11.2 Å². The van der Waals surface area contributed by atoms with Crippen molar-refractivity contribution >= 4 is 0 Å². The van der Waals surface area contributed by atoms with E-state index in [9.17, 15) is 0 Å². The Morgan fingerprint density at radius 3 is 2.41 bits per heavy atom. The third-order valence-corrected chi connectivity index (χ3v) is 6.37. The van der Waals surface area contributed by atoms with Gasteiger partial charge in [0.15, 0.2) is 11.5 Å². The summed E-state index contributed by atoms with van der Waals surface area (Å²) in [6.45, 7) is 8.66. The van der Waals surface area contributed by atoms with E-state index in [1.807, 2.05) is 0 Å². The third-order valence-electron chi connectivity index (χ3n) is 6.37. The zero-order valence-corrected chi connectivity index (χ0v) is 16.6. The van der Waals surface area contributed by atoms with Crippen molar-refractivity contribution in [1.82, 2.24) is 0 Å². The maximum atomic E-state index is 6.71. The van der Waals surface area contributed by atoms with Gasteiger partial charge in [-0.15, -0.1) is 0 Å². The standard InChI is InChI=1S/C24H28O3/c1-23(2)14-16-10-11-17-21-18(24(3,4)27-22(17)20(16)26-23)12-13-19(25-21)15-8-6-5-7-9-15/h5-11,18-19,21H,12-14H2,1-4H3/t18-,19+,21+/m0/s1. The zero-order chi connectivity index (χ0) is 18.8. The second kappa shape index (κ2) is 5.75. The van der Waals surface area contributed by atoms with Crippen LogP contribution >= 0.6 is 0 Å². The molecule has 0 aliphatic carbocycles. The molecule has 3 aliphatic heterocycles. The van der Waals surface area contributed by atoms with Gasteiger partial charge in [0.2, 0.25) is 0 Å². The van der Waals surface area contributed by atoms with Crippen LogP contribution in [0, 0.1) is 5.92 Å². The number of benzene rings is 2. The molecule has 1 saturated heterocycles. The second-order valence-corrected chi connectivity index (χ2v) is 9.36. The molecule has 0 amide bonds. The lowest BCUT2D eigenvalue weighted by atomic mass is 9.74. The highest BCUT2D eigenvalue weighted by molar-refractivity contribution is 5.57. The molecular weight excluding hydrogens is 336 g/mol. The van der Waals surface area contributed by atoms with Crippen molar-refractivity contribution in [3.63, 3.8) is 0 Å². The summed E-state index contributed by atoms with van der Waals surface area (Å²) >= 11 is 0. The van der Waals surface area contributed by atoms with Gasteiger partial charge in [-0.3, -0.25) is 0 Å². The average molecular weight is 364 g/mol. The molecule has 0 N–H and O–H groups in total. The summed E-state index contributed by atoms with van der Waals surface area (Å²) in [5.41, 5.74) is 3.20. The maximum absolute atomic E-state index is 6.71. The largest absolute Gasteiger partial charge is 0.483 e. The van der Waals surface area contributed by atoms with Crippen LogP contribution in [0.2, 0.25) is 0 Å². The monoisotopic (exact) mass is 364 g/mol. The summed E-state index contributed by atoms with van der Waals surface area (Å²) in [5.74, 6) is 2.17. The fraction of sp³-hybridized carbons (Fsp3) is 0.500. The SMILES string of the molecule is CC1(C)Cc2ccc3c(c2O1)OC(C)(C)[C@H]1CC[C@H](c2ccccc2)O[C@H]31. The Hall–Kier alpha value is -2.00. The van der Waals surface area contributed by atoms with Crippen LogP contribution in [0.25, 0.3) is 0 Å². The number of fused-ring (bicyclic) bond motifs is 5. The van der Waals surface area contributed by atoms with Gasteiger partial charge in [-0.25, -0.2) is 0 Å². The van der Waals surface area contributed by atoms with Gasteiger partial charge in [-0.2, -0.15) is 0 Å². The summed E-state index contributed by atoms with van der Waals surface area (Å²) in [7, 11) is 0. The smallest absolute Gasteiger partial charge is 0.168 e. The quantitative estimate of drug-likeness (QED) is 0.642. The van der Waals surface area contributed by atoms with Crippen LogP contribution in [-0.4, -0.2) is 11.2 Å². The highest BCUT2D eigenvalue weighted by Crippen LogP contribution is 2.57. The van der Waals surface area contributed by atoms with E-state index in [2.05, 4.69) is 70.2 Å². The molecule has 3 heteroatoms. The molecule has 0 aromatic heterocycles. The molecular formula is C24H28O3. The minimum absolute atomic E-state index is 0.0420. The van der Waals surface area contributed by atoms with Crippen molar-refractivity contribution < 1.29 is 14.2 Å². The Morgan fingerprint density at radius 1 is 0.852 bits per heavy atom. The molecule has 0 saturated carbocycles. The highest BCUT2D eigenvalue weighted by Gasteiger charge is 2.50. The number of ether oxygens (including phenoxy) is 3. The van der Waals surface area contributed by atoms with Crippen molar-refractivity contribution in [3.05, 3.63) is 59.2 Å². The number of hydrogen-bond donors (Lipinski definition) is 0. The van der Waals surface area contributed by atoms with E-state index in [1.54, 1.807) is 0 Å². The zero-order valence-electron chi connectivity index (χ0n) is 16.6. The first-order valence-electron chi connectivity index (χ1n) is 10.1. The summed E-state index contributed by atoms with van der Waals surface area (Å²) in [5, 5.41) is 0. The summed E-state index contributed by atoms with van der Waals surface area (Å²) < 4.78 is 19.6. The summed E-state index contributed by atoms with van der Waals surface area (Å²) in [6, 6.07) is 15.0. The van der Waals surface area contributed by atoms with E-state index in [0.717, 1.165) is 36.3 Å². The van der Waals surface area contributed by atoms with Gasteiger partial charge < -0.3 is 14.2 Å². The van der Waals surface area contributed by atoms with E-state index in [0.29, 0.717) is 5.92 Å². The molecule has 1 fully saturated rings. The van der Waals surface area contributed by atoms with E-state index < -0.39 is 0 Å². The van der Waals surface area contributed by atoms with E-state index in [1.165, 1.54) is 11.1 Å². The second-order valence-electron chi connectivity index (χ2n) is 9.36. The average Bonchev–Trinajstić information content (AvgIpc) is 2.96. The molecule has 0 spiro atoms. The van der Waals surface area contributed by atoms with Crippen LogP contribution in [0.3, 0.4) is 0 Å². The normalized spacial score (nSPS) is 29.7. The van der Waals surface area contributed by atoms with Crippen LogP contribution in [0.5, 0.6) is 11.5 Å². The minimum Gasteiger partial charge on any atom is -0.483 e. The first-order valence-corrected chi connectivity index (χ1v) is 10.1. The van der Waals surface area contributed by atoms with Crippen LogP contribution in [0.4, 0.5) is 0 Å². The predicted octanol–water partition coefficient (Wildman–Crippen LogP) is 5.78. The molecule has 5 rings (SSSR count). The molecule has 3 nitrogen and oxygen atoms in total. The molecule has 2 aromatic carbocycles. The molecule has 2 aromatic rings. The topological polar surface area (TPSA) is 27.7 Å². The van der Waals surface area contributed by atoms with Gasteiger partial charge in [0.25, 0.3) is 0 Å². The van der Waals surface area contributed by atoms with Crippen molar-refractivity contribution in [2.75, 3.05) is 0 Å². The first-order chi connectivity index (χ1) is 12.8. The Balaban J connectivity index is 1.56. The molecule has 3 atom stereocenters. The van der Waals surface area contributed by atoms with Crippen LogP contribution in [0.1, 0.15) is 69.4 Å². The van der Waals surface area contributed by atoms with Crippen molar-refractivity contribution in [2.24, 2.45) is 5.92 Å². The molecule has 27 heavy (non-hydrogen) atoms. The van der Waals surface area contributed by atoms with Crippen LogP contribution in [0.15, 0.2) is 42.5 Å². The van der Waals surface area contributed by atoms with Gasteiger partial charge in [0.05, 0.1) is 12.2 Å². The van der Waals surface area contributed by atoms with Gasteiger partial charge in [-0.1, -0.05) is 42.5 Å². The molecule has 3 heterocycles. The lowest BCUT2D eigenvalue weighted by Gasteiger charge is -2.49.